The molecular formula is C14H12ClN3OS. The second-order valence-electron chi connectivity index (χ2n) is 4.29. The number of anilines is 1. The molecule has 2 aromatic heterocycles. The lowest BCUT2D eigenvalue weighted by Gasteiger charge is -2.09. The van der Waals surface area contributed by atoms with Crippen molar-refractivity contribution in [3.05, 3.63) is 57.4 Å². The first-order chi connectivity index (χ1) is 9.75. The highest BCUT2D eigenvalue weighted by atomic mass is 35.5. The predicted octanol–water partition coefficient (Wildman–Crippen LogP) is 3.22. The van der Waals surface area contributed by atoms with Crippen LogP contribution in [0.5, 0.6) is 0 Å². The van der Waals surface area contributed by atoms with Gasteiger partial charge in [0.25, 0.3) is 5.56 Å². The number of nitrogens with one attached hydrogen (secondary N) is 1. The minimum absolute atomic E-state index is 0.00258. The van der Waals surface area contributed by atoms with Crippen molar-refractivity contribution in [2.75, 3.05) is 11.9 Å². The van der Waals surface area contributed by atoms with E-state index in [0.717, 1.165) is 10.5 Å². The summed E-state index contributed by atoms with van der Waals surface area (Å²) in [6.07, 6.45) is 1.59. The fourth-order valence-corrected chi connectivity index (χ4v) is 2.89. The number of hydrogen-bond donors (Lipinski definition) is 1. The van der Waals surface area contributed by atoms with Crippen LogP contribution in [-0.2, 0) is 6.54 Å². The van der Waals surface area contributed by atoms with E-state index in [0.29, 0.717) is 23.5 Å². The van der Waals surface area contributed by atoms with Gasteiger partial charge in [-0.2, -0.15) is 0 Å². The standard InChI is InChI=1S/C14H12ClN3OS/c15-11-3-1-2-4-12(11)16-6-7-18-9-17-13-10(14(18)19)5-8-20-13/h1-5,8-9,16H,6-7H2. The lowest BCUT2D eigenvalue weighted by Crippen LogP contribution is -2.23. The van der Waals surface area contributed by atoms with E-state index in [9.17, 15) is 4.79 Å². The van der Waals surface area contributed by atoms with Crippen LogP contribution in [0.2, 0.25) is 5.02 Å². The molecule has 0 saturated carbocycles. The molecule has 0 spiro atoms. The van der Waals surface area contributed by atoms with E-state index in [4.69, 9.17) is 11.6 Å². The maximum Gasteiger partial charge on any atom is 0.262 e. The molecule has 0 fully saturated rings. The van der Waals surface area contributed by atoms with E-state index in [1.807, 2.05) is 35.7 Å². The van der Waals surface area contributed by atoms with Gasteiger partial charge in [0.15, 0.2) is 0 Å². The Morgan fingerprint density at radius 2 is 2.15 bits per heavy atom. The molecule has 6 heteroatoms. The first-order valence-corrected chi connectivity index (χ1v) is 7.42. The molecule has 1 N–H and O–H groups in total. The Kier molecular flexibility index (Phi) is 3.71. The molecule has 102 valence electrons. The van der Waals surface area contributed by atoms with Crippen LogP contribution in [0.4, 0.5) is 5.69 Å². The largest absolute Gasteiger partial charge is 0.382 e. The molecule has 0 radical (unpaired) electrons. The average Bonchev–Trinajstić information content (AvgIpc) is 2.93. The molecule has 0 atom stereocenters. The Morgan fingerprint density at radius 1 is 1.30 bits per heavy atom. The van der Waals surface area contributed by atoms with Crippen molar-refractivity contribution >= 4 is 38.8 Å². The zero-order valence-electron chi connectivity index (χ0n) is 10.5. The molecule has 1 aromatic carbocycles. The summed E-state index contributed by atoms with van der Waals surface area (Å²) >= 11 is 7.53. The monoisotopic (exact) mass is 305 g/mol. The highest BCUT2D eigenvalue weighted by molar-refractivity contribution is 7.16. The van der Waals surface area contributed by atoms with E-state index in [-0.39, 0.29) is 5.56 Å². The van der Waals surface area contributed by atoms with Crippen LogP contribution in [0.25, 0.3) is 10.2 Å². The molecule has 0 saturated heterocycles. The van der Waals surface area contributed by atoms with Crippen LogP contribution in [0.1, 0.15) is 0 Å². The Bertz CT molecular complexity index is 796. The number of thiophene rings is 1. The van der Waals surface area contributed by atoms with Crippen molar-refractivity contribution in [2.45, 2.75) is 6.54 Å². The van der Waals surface area contributed by atoms with E-state index in [1.54, 1.807) is 10.9 Å². The third-order valence-electron chi connectivity index (χ3n) is 2.99. The minimum atomic E-state index is -0.00258. The lowest BCUT2D eigenvalue weighted by atomic mass is 10.3. The highest BCUT2D eigenvalue weighted by Crippen LogP contribution is 2.20. The van der Waals surface area contributed by atoms with Crippen LogP contribution in [0, 0.1) is 0 Å². The van der Waals surface area contributed by atoms with Crippen LogP contribution in [0.15, 0.2) is 46.8 Å². The van der Waals surface area contributed by atoms with Crippen LogP contribution >= 0.6 is 22.9 Å². The summed E-state index contributed by atoms with van der Waals surface area (Å²) in [6, 6.07) is 9.35. The van der Waals surface area contributed by atoms with Gasteiger partial charge in [-0.1, -0.05) is 23.7 Å². The summed E-state index contributed by atoms with van der Waals surface area (Å²) in [7, 11) is 0. The van der Waals surface area contributed by atoms with E-state index in [1.165, 1.54) is 11.3 Å². The van der Waals surface area contributed by atoms with Crippen LogP contribution in [-0.4, -0.2) is 16.1 Å². The van der Waals surface area contributed by atoms with Gasteiger partial charge >= 0.3 is 0 Å². The van der Waals surface area contributed by atoms with Gasteiger partial charge in [0, 0.05) is 13.1 Å². The SMILES string of the molecule is O=c1c2ccsc2ncn1CCNc1ccccc1Cl. The number of benzene rings is 1. The molecule has 3 aromatic rings. The lowest BCUT2D eigenvalue weighted by molar-refractivity contribution is 0.690. The number of para-hydroxylation sites is 1. The van der Waals surface area contributed by atoms with Gasteiger partial charge in [-0.15, -0.1) is 11.3 Å². The molecule has 0 aliphatic carbocycles. The molecule has 2 heterocycles. The maximum absolute atomic E-state index is 12.2. The van der Waals surface area contributed by atoms with Crippen molar-refractivity contribution < 1.29 is 0 Å². The summed E-state index contributed by atoms with van der Waals surface area (Å²) in [4.78, 5) is 17.2. The third-order valence-corrected chi connectivity index (χ3v) is 4.14. The number of aromatic nitrogens is 2. The van der Waals surface area contributed by atoms with Crippen LogP contribution in [0.3, 0.4) is 0 Å². The average molecular weight is 306 g/mol. The van der Waals surface area contributed by atoms with Gasteiger partial charge in [-0.05, 0) is 23.6 Å². The van der Waals surface area contributed by atoms with Crippen molar-refractivity contribution in [3.8, 4) is 0 Å². The van der Waals surface area contributed by atoms with Crippen LogP contribution < -0.4 is 10.9 Å². The van der Waals surface area contributed by atoms with Crippen molar-refractivity contribution in [1.29, 1.82) is 0 Å². The fourth-order valence-electron chi connectivity index (χ4n) is 1.97. The first-order valence-electron chi connectivity index (χ1n) is 6.17. The Morgan fingerprint density at radius 3 is 3.00 bits per heavy atom. The van der Waals surface area contributed by atoms with E-state index in [2.05, 4.69) is 10.3 Å². The Labute approximate surface area is 124 Å². The van der Waals surface area contributed by atoms with E-state index >= 15 is 0 Å². The maximum atomic E-state index is 12.2. The number of hydrogen-bond acceptors (Lipinski definition) is 4. The molecule has 20 heavy (non-hydrogen) atoms. The molecule has 0 unspecified atom stereocenters. The minimum Gasteiger partial charge on any atom is -0.382 e. The van der Waals surface area contributed by atoms with E-state index < -0.39 is 0 Å². The molecular weight excluding hydrogens is 294 g/mol. The van der Waals surface area contributed by atoms with Gasteiger partial charge in [0.2, 0.25) is 0 Å². The summed E-state index contributed by atoms with van der Waals surface area (Å²) in [5.41, 5.74) is 0.865. The molecule has 0 aliphatic rings. The summed E-state index contributed by atoms with van der Waals surface area (Å²) in [6.45, 7) is 1.16. The molecule has 0 amide bonds. The van der Waals surface area contributed by atoms with Gasteiger partial charge in [0.1, 0.15) is 4.83 Å². The van der Waals surface area contributed by atoms with Gasteiger partial charge in [0.05, 0.1) is 22.4 Å². The van der Waals surface area contributed by atoms with Crippen molar-refractivity contribution in [1.82, 2.24) is 9.55 Å². The quantitative estimate of drug-likeness (QED) is 0.805. The number of fused-ring (bicyclic) bond motifs is 1. The summed E-state index contributed by atoms with van der Waals surface area (Å²) in [5.74, 6) is 0. The summed E-state index contributed by atoms with van der Waals surface area (Å²) in [5, 5.41) is 6.44. The fraction of sp³-hybridized carbons (Fsp3) is 0.143. The predicted molar refractivity (Wildman–Crippen MR) is 83.8 cm³/mol. The zero-order chi connectivity index (χ0) is 13.9. The van der Waals surface area contributed by atoms with Gasteiger partial charge in [-0.25, -0.2) is 4.98 Å². The molecule has 0 bridgehead atoms. The summed E-state index contributed by atoms with van der Waals surface area (Å²) < 4.78 is 1.61. The Balaban J connectivity index is 1.73. The topological polar surface area (TPSA) is 46.9 Å². The molecule has 3 rings (SSSR count). The number of halogens is 1. The normalized spacial score (nSPS) is 10.8. The second-order valence-corrected chi connectivity index (χ2v) is 5.59. The third kappa shape index (κ3) is 2.55. The first kappa shape index (κ1) is 13.1. The second kappa shape index (κ2) is 5.64. The van der Waals surface area contributed by atoms with Gasteiger partial charge < -0.3 is 5.32 Å². The Hall–Kier alpha value is -1.85. The van der Waals surface area contributed by atoms with Crippen molar-refractivity contribution in [3.63, 3.8) is 0 Å². The molecule has 0 aliphatic heterocycles. The van der Waals surface area contributed by atoms with Gasteiger partial charge in [-0.3, -0.25) is 9.36 Å². The number of nitrogens with zero attached hydrogens (tertiary/aromatic N) is 2. The highest BCUT2D eigenvalue weighted by Gasteiger charge is 2.04. The smallest absolute Gasteiger partial charge is 0.262 e. The molecule has 4 nitrogen and oxygen atoms in total. The number of rotatable bonds is 4. The zero-order valence-corrected chi connectivity index (χ0v) is 12.1. The van der Waals surface area contributed by atoms with Crippen molar-refractivity contribution in [2.24, 2.45) is 0 Å².